The lowest BCUT2D eigenvalue weighted by atomic mass is 10.1. The van der Waals surface area contributed by atoms with E-state index in [2.05, 4.69) is 4.98 Å². The smallest absolute Gasteiger partial charge is 0.192 e. The number of pyridine rings is 1. The molecule has 0 fully saturated rings. The lowest BCUT2D eigenvalue weighted by molar-refractivity contribution is 0.591. The fourth-order valence-corrected chi connectivity index (χ4v) is 3.52. The number of nitrogens with zero attached hydrogens (tertiary/aromatic N) is 1. The summed E-state index contributed by atoms with van der Waals surface area (Å²) in [5, 5.41) is 8.76. The summed E-state index contributed by atoms with van der Waals surface area (Å²) in [6.45, 7) is 0. The highest BCUT2D eigenvalue weighted by molar-refractivity contribution is 7.91. The van der Waals surface area contributed by atoms with Crippen molar-refractivity contribution in [3.63, 3.8) is 0 Å². The van der Waals surface area contributed by atoms with Crippen LogP contribution in [0.2, 0.25) is 0 Å². The first kappa shape index (κ1) is 16.8. The second kappa shape index (κ2) is 5.79. The van der Waals surface area contributed by atoms with Crippen LogP contribution in [0.15, 0.2) is 46.1 Å². The van der Waals surface area contributed by atoms with E-state index >= 15 is 0 Å². The van der Waals surface area contributed by atoms with Crippen molar-refractivity contribution >= 4 is 20.6 Å². The normalized spacial score (nSPS) is 13.4. The molecule has 0 aliphatic heterocycles. The van der Waals surface area contributed by atoms with Crippen LogP contribution >= 0.6 is 0 Å². The van der Waals surface area contributed by atoms with Gasteiger partial charge < -0.3 is 4.98 Å². The van der Waals surface area contributed by atoms with Crippen LogP contribution in [0.25, 0.3) is 22.2 Å². The van der Waals surface area contributed by atoms with Gasteiger partial charge in [-0.05, 0) is 24.3 Å². The van der Waals surface area contributed by atoms with Crippen molar-refractivity contribution in [3.8, 4) is 17.3 Å². The summed E-state index contributed by atoms with van der Waals surface area (Å²) in [5.41, 5.74) is -0.210. The van der Waals surface area contributed by atoms with Gasteiger partial charge in [0.1, 0.15) is 11.6 Å². The van der Waals surface area contributed by atoms with Gasteiger partial charge in [-0.15, -0.1) is 0 Å². The molecule has 8 heteroatoms. The Kier molecular flexibility index (Phi) is 3.89. The lowest BCUT2D eigenvalue weighted by Gasteiger charge is -2.11. The molecule has 1 aromatic heterocycles. The van der Waals surface area contributed by atoms with Gasteiger partial charge in [0.25, 0.3) is 0 Å². The van der Waals surface area contributed by atoms with Crippen LogP contribution in [0.4, 0.5) is 8.78 Å². The maximum absolute atomic E-state index is 13.9. The van der Waals surface area contributed by atoms with Crippen LogP contribution in [0.3, 0.4) is 0 Å². The van der Waals surface area contributed by atoms with E-state index in [1.807, 2.05) is 6.07 Å². The maximum Gasteiger partial charge on any atom is 0.192 e. The molecule has 1 heterocycles. The monoisotopic (exact) mass is 359 g/mol. The molecule has 0 saturated carbocycles. The first-order valence-corrected chi connectivity index (χ1v) is 8.98. The first-order chi connectivity index (χ1) is 11.7. The van der Waals surface area contributed by atoms with Gasteiger partial charge in [-0.1, -0.05) is 0 Å². The summed E-state index contributed by atoms with van der Waals surface area (Å²) in [4.78, 5) is 15.1. The van der Waals surface area contributed by atoms with Gasteiger partial charge in [0.15, 0.2) is 5.43 Å². The molecule has 2 aromatic carbocycles. The molecule has 0 bridgehead atoms. The van der Waals surface area contributed by atoms with Crippen molar-refractivity contribution in [3.05, 3.63) is 63.8 Å². The number of aromatic amines is 1. The van der Waals surface area contributed by atoms with Crippen LogP contribution in [0.5, 0.6) is 0 Å². The largest absolute Gasteiger partial charge is 0.354 e. The zero-order chi connectivity index (χ0) is 18.4. The van der Waals surface area contributed by atoms with Gasteiger partial charge in [0.2, 0.25) is 0 Å². The van der Waals surface area contributed by atoms with E-state index in [1.54, 1.807) is 0 Å². The highest BCUT2D eigenvalue weighted by atomic mass is 32.2. The molecule has 0 radical (unpaired) electrons. The summed E-state index contributed by atoms with van der Waals surface area (Å²) in [6, 6.07) is 8.74. The molecule has 25 heavy (non-hydrogen) atoms. The van der Waals surface area contributed by atoms with E-state index in [1.165, 1.54) is 24.5 Å². The highest BCUT2D eigenvalue weighted by Crippen LogP contribution is 2.28. The Morgan fingerprint density at radius 3 is 2.56 bits per heavy atom. The minimum absolute atomic E-state index is 0.0686. The molecular formula is C17H11F2N3O2S. The number of hydrogen-bond donors (Lipinski definition) is 2. The summed E-state index contributed by atoms with van der Waals surface area (Å²) < 4.78 is 47.3. The Bertz CT molecular complexity index is 1230. The minimum Gasteiger partial charge on any atom is -0.354 e. The standard InChI is InChI=1S/C17H11F2N3O2S/c1-25(21,24)16-3-2-9(8-20)4-11(16)13-7-15(23)17-12(19)5-10(18)6-14(17)22-13/h2-7,21H,1H3,(H,22,23). The molecule has 0 saturated heterocycles. The van der Waals surface area contributed by atoms with Gasteiger partial charge in [-0.3, -0.25) is 4.79 Å². The van der Waals surface area contributed by atoms with Crippen molar-refractivity contribution in [2.75, 3.05) is 6.26 Å². The molecule has 3 aromatic rings. The molecule has 126 valence electrons. The van der Waals surface area contributed by atoms with E-state index in [4.69, 9.17) is 10.0 Å². The molecular weight excluding hydrogens is 348 g/mol. The lowest BCUT2D eigenvalue weighted by Crippen LogP contribution is -2.07. The van der Waals surface area contributed by atoms with Crippen LogP contribution < -0.4 is 5.43 Å². The number of benzene rings is 2. The first-order valence-electron chi connectivity index (χ1n) is 7.01. The zero-order valence-corrected chi connectivity index (χ0v) is 13.7. The second-order valence-electron chi connectivity index (χ2n) is 5.52. The fraction of sp³-hybridized carbons (Fsp3) is 0.0588. The third kappa shape index (κ3) is 3.02. The van der Waals surface area contributed by atoms with E-state index in [0.29, 0.717) is 6.07 Å². The van der Waals surface area contributed by atoms with Crippen LogP contribution in [0, 0.1) is 27.7 Å². The number of aromatic nitrogens is 1. The van der Waals surface area contributed by atoms with E-state index < -0.39 is 26.8 Å². The Labute approximate surface area is 141 Å². The van der Waals surface area contributed by atoms with Crippen molar-refractivity contribution in [1.82, 2.24) is 4.98 Å². The van der Waals surface area contributed by atoms with E-state index in [-0.39, 0.29) is 32.6 Å². The molecule has 0 amide bonds. The van der Waals surface area contributed by atoms with Crippen LogP contribution in [0.1, 0.15) is 5.56 Å². The predicted molar refractivity (Wildman–Crippen MR) is 89.7 cm³/mol. The zero-order valence-electron chi connectivity index (χ0n) is 12.9. The third-order valence-corrected chi connectivity index (χ3v) is 4.86. The quantitative estimate of drug-likeness (QED) is 0.734. The fourth-order valence-electron chi connectivity index (χ4n) is 2.60. The van der Waals surface area contributed by atoms with Crippen molar-refractivity contribution in [2.24, 2.45) is 0 Å². The van der Waals surface area contributed by atoms with Crippen molar-refractivity contribution < 1.29 is 13.0 Å². The highest BCUT2D eigenvalue weighted by Gasteiger charge is 2.16. The number of fused-ring (bicyclic) bond motifs is 1. The van der Waals surface area contributed by atoms with Crippen LogP contribution in [-0.2, 0) is 9.73 Å². The topological polar surface area (TPSA) is 97.6 Å². The van der Waals surface area contributed by atoms with Crippen LogP contribution in [-0.4, -0.2) is 15.4 Å². The van der Waals surface area contributed by atoms with Gasteiger partial charge in [-0.25, -0.2) is 17.8 Å². The van der Waals surface area contributed by atoms with Gasteiger partial charge >= 0.3 is 0 Å². The number of nitriles is 1. The summed E-state index contributed by atoms with van der Waals surface area (Å²) >= 11 is 0. The number of H-pyrrole nitrogens is 1. The Morgan fingerprint density at radius 1 is 1.20 bits per heavy atom. The Morgan fingerprint density at radius 2 is 1.92 bits per heavy atom. The molecule has 0 aliphatic rings. The number of hydrogen-bond acceptors (Lipinski definition) is 4. The molecule has 2 N–H and O–H groups in total. The molecule has 0 spiro atoms. The van der Waals surface area contributed by atoms with Crippen molar-refractivity contribution in [2.45, 2.75) is 4.90 Å². The summed E-state index contributed by atoms with van der Waals surface area (Å²) in [6.07, 6.45) is 1.20. The molecule has 3 rings (SSSR count). The predicted octanol–water partition coefficient (Wildman–Crippen LogP) is 3.38. The van der Waals surface area contributed by atoms with E-state index in [0.717, 1.165) is 12.1 Å². The molecule has 0 aliphatic carbocycles. The van der Waals surface area contributed by atoms with Gasteiger partial charge in [-0.2, -0.15) is 5.26 Å². The minimum atomic E-state index is -3.17. The molecule has 1 unspecified atom stereocenters. The second-order valence-corrected chi connectivity index (χ2v) is 7.65. The average Bonchev–Trinajstić information content (AvgIpc) is 2.52. The number of nitrogens with one attached hydrogen (secondary N) is 2. The van der Waals surface area contributed by atoms with E-state index in [9.17, 15) is 17.8 Å². The van der Waals surface area contributed by atoms with Gasteiger partial charge in [0.05, 0.1) is 42.9 Å². The summed E-state index contributed by atoms with van der Waals surface area (Å²) in [7, 11) is -3.17. The Hall–Kier alpha value is -3.05. The summed E-state index contributed by atoms with van der Waals surface area (Å²) in [5.74, 6) is -1.85. The molecule has 1 atom stereocenters. The van der Waals surface area contributed by atoms with Crippen molar-refractivity contribution in [1.29, 1.82) is 10.0 Å². The Balaban J connectivity index is 2.42. The SMILES string of the molecule is CS(=N)(=O)c1ccc(C#N)cc1-c1cc(=O)c2c(F)cc(F)cc2[nH]1. The number of halogens is 2. The maximum atomic E-state index is 13.9. The third-order valence-electron chi connectivity index (χ3n) is 3.66. The molecule has 5 nitrogen and oxygen atoms in total. The average molecular weight is 359 g/mol. The number of rotatable bonds is 2. The van der Waals surface area contributed by atoms with Gasteiger partial charge in [0, 0.05) is 24.0 Å².